The Morgan fingerprint density at radius 3 is 2.71 bits per heavy atom. The van der Waals surface area contributed by atoms with Gasteiger partial charge in [0.2, 0.25) is 5.91 Å². The zero-order valence-corrected chi connectivity index (χ0v) is 18.3. The van der Waals surface area contributed by atoms with E-state index in [4.69, 9.17) is 0 Å². The monoisotopic (exact) mass is 388 g/mol. The number of nitrogens with zero attached hydrogens (tertiary/aromatic N) is 1. The van der Waals surface area contributed by atoms with Gasteiger partial charge in [-0.15, -0.1) is 0 Å². The standard InChI is InChI=1S/C24H40N2O2/c1-17(2)14-19(4)21-15-20(5)25-13-8-6-7-12-23(28)26(16-21)24-18(3)10-9-11-22(24)27/h15-18,22,24-25,27H,4,6-14H2,1-3,5H3/b20-15-,21-16+. The molecule has 1 saturated carbocycles. The number of aliphatic hydroxyl groups excluding tert-OH is 1. The average Bonchev–Trinajstić information content (AvgIpc) is 2.60. The fourth-order valence-electron chi connectivity index (χ4n) is 4.42. The van der Waals surface area contributed by atoms with Crippen LogP contribution >= 0.6 is 0 Å². The highest BCUT2D eigenvalue weighted by Gasteiger charge is 2.35. The summed E-state index contributed by atoms with van der Waals surface area (Å²) in [6.07, 6.45) is 10.9. The fourth-order valence-corrected chi connectivity index (χ4v) is 4.42. The molecule has 1 heterocycles. The molecule has 0 spiro atoms. The van der Waals surface area contributed by atoms with Gasteiger partial charge in [-0.05, 0) is 68.1 Å². The average molecular weight is 389 g/mol. The van der Waals surface area contributed by atoms with Crippen molar-refractivity contribution < 1.29 is 9.90 Å². The van der Waals surface area contributed by atoms with E-state index in [9.17, 15) is 9.90 Å². The summed E-state index contributed by atoms with van der Waals surface area (Å²) >= 11 is 0. The SMILES string of the molecule is C=C(CC(C)C)C1=C/N(C2C(C)CCCC2O)C(=O)CCCCCN/C(C)=C\1. The maximum absolute atomic E-state index is 13.2. The molecule has 2 aliphatic rings. The Bertz CT molecular complexity index is 596. The Kier molecular flexibility index (Phi) is 8.81. The summed E-state index contributed by atoms with van der Waals surface area (Å²) in [4.78, 5) is 15.1. The van der Waals surface area contributed by atoms with E-state index in [2.05, 4.69) is 45.7 Å². The topological polar surface area (TPSA) is 52.6 Å². The Morgan fingerprint density at radius 1 is 1.29 bits per heavy atom. The van der Waals surface area contributed by atoms with E-state index in [0.717, 1.165) is 68.3 Å². The smallest absolute Gasteiger partial charge is 0.226 e. The Hall–Kier alpha value is -1.55. The van der Waals surface area contributed by atoms with Crippen molar-refractivity contribution >= 4 is 5.91 Å². The quantitative estimate of drug-likeness (QED) is 0.719. The van der Waals surface area contributed by atoms with Crippen LogP contribution in [0.25, 0.3) is 0 Å². The Morgan fingerprint density at radius 2 is 2.04 bits per heavy atom. The molecule has 28 heavy (non-hydrogen) atoms. The maximum Gasteiger partial charge on any atom is 0.226 e. The van der Waals surface area contributed by atoms with E-state index in [1.807, 2.05) is 11.1 Å². The van der Waals surface area contributed by atoms with Crippen molar-refractivity contribution in [1.82, 2.24) is 10.2 Å². The molecule has 4 nitrogen and oxygen atoms in total. The molecule has 1 aliphatic carbocycles. The van der Waals surface area contributed by atoms with Gasteiger partial charge in [0, 0.05) is 24.9 Å². The molecule has 1 amide bonds. The van der Waals surface area contributed by atoms with Crippen LogP contribution in [-0.2, 0) is 4.79 Å². The van der Waals surface area contributed by atoms with E-state index in [1.54, 1.807) is 0 Å². The van der Waals surface area contributed by atoms with Gasteiger partial charge < -0.3 is 15.3 Å². The molecule has 3 atom stereocenters. The molecule has 1 aliphatic heterocycles. The lowest BCUT2D eigenvalue weighted by atomic mass is 9.82. The predicted octanol–water partition coefficient (Wildman–Crippen LogP) is 4.92. The van der Waals surface area contributed by atoms with Gasteiger partial charge in [0.05, 0.1) is 12.1 Å². The van der Waals surface area contributed by atoms with Gasteiger partial charge in [0.25, 0.3) is 0 Å². The first-order chi connectivity index (χ1) is 13.3. The first-order valence-corrected chi connectivity index (χ1v) is 11.1. The lowest BCUT2D eigenvalue weighted by Crippen LogP contribution is -2.50. The van der Waals surface area contributed by atoms with E-state index >= 15 is 0 Å². The van der Waals surface area contributed by atoms with E-state index in [-0.39, 0.29) is 11.9 Å². The normalized spacial score (nSPS) is 31.7. The van der Waals surface area contributed by atoms with Crippen LogP contribution < -0.4 is 5.32 Å². The Balaban J connectivity index is 2.46. The highest BCUT2D eigenvalue weighted by atomic mass is 16.3. The van der Waals surface area contributed by atoms with Gasteiger partial charge >= 0.3 is 0 Å². The highest BCUT2D eigenvalue weighted by molar-refractivity contribution is 5.78. The van der Waals surface area contributed by atoms with Crippen molar-refractivity contribution in [3.8, 4) is 0 Å². The van der Waals surface area contributed by atoms with Crippen molar-refractivity contribution in [3.05, 3.63) is 35.7 Å². The van der Waals surface area contributed by atoms with E-state index in [0.29, 0.717) is 18.3 Å². The third-order valence-corrected chi connectivity index (χ3v) is 5.93. The second kappa shape index (κ2) is 10.8. The van der Waals surface area contributed by atoms with Crippen molar-refractivity contribution in [2.45, 2.75) is 91.2 Å². The van der Waals surface area contributed by atoms with Crippen LogP contribution in [-0.4, -0.2) is 34.6 Å². The summed E-state index contributed by atoms with van der Waals surface area (Å²) in [5.74, 6) is 0.923. The van der Waals surface area contributed by atoms with Crippen molar-refractivity contribution in [3.63, 3.8) is 0 Å². The zero-order chi connectivity index (χ0) is 20.7. The molecule has 0 aromatic rings. The summed E-state index contributed by atoms with van der Waals surface area (Å²) in [7, 11) is 0. The number of hydrogen-bond acceptors (Lipinski definition) is 3. The van der Waals surface area contributed by atoms with Crippen molar-refractivity contribution in [2.75, 3.05) is 6.54 Å². The minimum absolute atomic E-state index is 0.132. The summed E-state index contributed by atoms with van der Waals surface area (Å²) in [6, 6.07) is -0.146. The number of aliphatic hydroxyl groups is 1. The number of carbonyl (C=O) groups excluding carboxylic acids is 1. The second-order valence-corrected chi connectivity index (χ2v) is 9.12. The molecule has 3 unspecified atom stereocenters. The van der Waals surface area contributed by atoms with E-state index < -0.39 is 6.10 Å². The van der Waals surface area contributed by atoms with Gasteiger partial charge in [-0.3, -0.25) is 4.79 Å². The van der Waals surface area contributed by atoms with Crippen LogP contribution in [0.3, 0.4) is 0 Å². The molecular formula is C24H40N2O2. The number of nitrogens with one attached hydrogen (secondary N) is 1. The summed E-state index contributed by atoms with van der Waals surface area (Å²) in [6.45, 7) is 13.9. The number of allylic oxidation sites excluding steroid dienone is 4. The van der Waals surface area contributed by atoms with Crippen LogP contribution in [0.2, 0.25) is 0 Å². The van der Waals surface area contributed by atoms with Crippen molar-refractivity contribution in [1.29, 1.82) is 0 Å². The number of hydrogen-bond donors (Lipinski definition) is 2. The zero-order valence-electron chi connectivity index (χ0n) is 18.3. The molecule has 1 fully saturated rings. The maximum atomic E-state index is 13.2. The largest absolute Gasteiger partial charge is 0.391 e. The molecular weight excluding hydrogens is 348 g/mol. The molecule has 2 rings (SSSR count). The predicted molar refractivity (Wildman–Crippen MR) is 117 cm³/mol. The van der Waals surface area contributed by atoms with Crippen LogP contribution in [0.5, 0.6) is 0 Å². The van der Waals surface area contributed by atoms with Crippen LogP contribution in [0.15, 0.2) is 35.7 Å². The molecule has 0 aromatic heterocycles. The minimum atomic E-state index is -0.459. The molecule has 0 saturated heterocycles. The first kappa shape index (κ1) is 22.7. The summed E-state index contributed by atoms with van der Waals surface area (Å²) in [5, 5.41) is 14.2. The molecule has 0 radical (unpaired) electrons. The number of carbonyl (C=O) groups is 1. The van der Waals surface area contributed by atoms with Gasteiger partial charge in [-0.2, -0.15) is 0 Å². The van der Waals surface area contributed by atoms with Gasteiger partial charge in [-0.25, -0.2) is 0 Å². The highest BCUT2D eigenvalue weighted by Crippen LogP contribution is 2.31. The molecule has 4 heteroatoms. The summed E-state index contributed by atoms with van der Waals surface area (Å²) < 4.78 is 0. The van der Waals surface area contributed by atoms with Crippen LogP contribution in [0, 0.1) is 11.8 Å². The van der Waals surface area contributed by atoms with Gasteiger partial charge in [0.1, 0.15) is 0 Å². The molecule has 0 bridgehead atoms. The minimum Gasteiger partial charge on any atom is -0.391 e. The van der Waals surface area contributed by atoms with Gasteiger partial charge in [0.15, 0.2) is 0 Å². The third kappa shape index (κ3) is 6.51. The van der Waals surface area contributed by atoms with Crippen LogP contribution in [0.1, 0.15) is 79.1 Å². The summed E-state index contributed by atoms with van der Waals surface area (Å²) in [5.41, 5.74) is 3.14. The molecule has 0 aromatic carbocycles. The molecule has 2 N–H and O–H groups in total. The lowest BCUT2D eigenvalue weighted by molar-refractivity contribution is -0.135. The number of rotatable bonds is 4. The van der Waals surface area contributed by atoms with E-state index in [1.165, 1.54) is 0 Å². The van der Waals surface area contributed by atoms with Crippen LogP contribution in [0.4, 0.5) is 0 Å². The first-order valence-electron chi connectivity index (χ1n) is 11.1. The molecule has 158 valence electrons. The van der Waals surface area contributed by atoms with Gasteiger partial charge in [-0.1, -0.05) is 40.2 Å². The second-order valence-electron chi connectivity index (χ2n) is 9.12. The number of amides is 1. The fraction of sp³-hybridized carbons (Fsp3) is 0.708. The lowest BCUT2D eigenvalue weighted by Gasteiger charge is -2.40. The third-order valence-electron chi connectivity index (χ3n) is 5.93. The van der Waals surface area contributed by atoms with Crippen molar-refractivity contribution in [2.24, 2.45) is 11.8 Å². The Labute approximate surface area is 171 Å².